The lowest BCUT2D eigenvalue weighted by molar-refractivity contribution is -0.148. The Morgan fingerprint density at radius 2 is 1.76 bits per heavy atom. The highest BCUT2D eigenvalue weighted by molar-refractivity contribution is 5.88. The second-order valence-electron chi connectivity index (χ2n) is 6.07. The van der Waals surface area contributed by atoms with Crippen LogP contribution in [0.1, 0.15) is 51.4 Å². The van der Waals surface area contributed by atoms with Crippen LogP contribution in [0.2, 0.25) is 0 Å². The Bertz CT molecular complexity index is 404. The SMILES string of the molecule is O=C(CC1CCCCC1)NCC(=O)N1CCC[C@H]1C(=O)O. The van der Waals surface area contributed by atoms with E-state index in [0.29, 0.717) is 31.7 Å². The molecule has 0 aromatic carbocycles. The lowest BCUT2D eigenvalue weighted by Gasteiger charge is -2.23. The van der Waals surface area contributed by atoms with E-state index in [1.165, 1.54) is 24.2 Å². The van der Waals surface area contributed by atoms with Gasteiger partial charge in [-0.25, -0.2) is 4.79 Å². The number of carbonyl (C=O) groups excluding carboxylic acids is 2. The van der Waals surface area contributed by atoms with Gasteiger partial charge in [0, 0.05) is 13.0 Å². The molecule has 1 aliphatic heterocycles. The highest BCUT2D eigenvalue weighted by Gasteiger charge is 2.33. The molecule has 2 aliphatic rings. The van der Waals surface area contributed by atoms with E-state index in [0.717, 1.165) is 12.8 Å². The molecule has 6 heteroatoms. The largest absolute Gasteiger partial charge is 0.480 e. The number of nitrogens with one attached hydrogen (secondary N) is 1. The maximum absolute atomic E-state index is 12.0. The van der Waals surface area contributed by atoms with Crippen molar-refractivity contribution in [1.29, 1.82) is 0 Å². The Morgan fingerprint density at radius 3 is 2.43 bits per heavy atom. The highest BCUT2D eigenvalue weighted by atomic mass is 16.4. The van der Waals surface area contributed by atoms with Crippen LogP contribution < -0.4 is 5.32 Å². The average Bonchev–Trinajstić information content (AvgIpc) is 2.95. The topological polar surface area (TPSA) is 86.7 Å². The summed E-state index contributed by atoms with van der Waals surface area (Å²) < 4.78 is 0. The van der Waals surface area contributed by atoms with Gasteiger partial charge in [-0.2, -0.15) is 0 Å². The maximum atomic E-state index is 12.0. The number of carbonyl (C=O) groups is 3. The number of hydrogen-bond donors (Lipinski definition) is 2. The van der Waals surface area contributed by atoms with Crippen molar-refractivity contribution < 1.29 is 19.5 Å². The summed E-state index contributed by atoms with van der Waals surface area (Å²) in [6, 6.07) is -0.729. The number of hydrogen-bond acceptors (Lipinski definition) is 3. The number of likely N-dealkylation sites (tertiary alicyclic amines) is 1. The van der Waals surface area contributed by atoms with Crippen molar-refractivity contribution in [3.05, 3.63) is 0 Å². The highest BCUT2D eigenvalue weighted by Crippen LogP contribution is 2.26. The average molecular weight is 296 g/mol. The first-order chi connectivity index (χ1) is 10.1. The van der Waals surface area contributed by atoms with Crippen molar-refractivity contribution in [2.45, 2.75) is 57.4 Å². The fourth-order valence-electron chi connectivity index (χ4n) is 3.32. The van der Waals surface area contributed by atoms with Crippen molar-refractivity contribution in [3.8, 4) is 0 Å². The molecule has 0 radical (unpaired) electrons. The molecule has 21 heavy (non-hydrogen) atoms. The molecule has 0 spiro atoms. The summed E-state index contributed by atoms with van der Waals surface area (Å²) in [5.41, 5.74) is 0. The molecule has 1 saturated carbocycles. The minimum atomic E-state index is -0.964. The summed E-state index contributed by atoms with van der Waals surface area (Å²) in [5.74, 6) is -0.917. The first-order valence-corrected chi connectivity index (χ1v) is 7.87. The van der Waals surface area contributed by atoms with Gasteiger partial charge >= 0.3 is 5.97 Å². The molecule has 1 saturated heterocycles. The van der Waals surface area contributed by atoms with Crippen molar-refractivity contribution in [1.82, 2.24) is 10.2 Å². The van der Waals surface area contributed by atoms with E-state index < -0.39 is 12.0 Å². The van der Waals surface area contributed by atoms with Gasteiger partial charge in [-0.05, 0) is 31.6 Å². The molecule has 1 heterocycles. The van der Waals surface area contributed by atoms with Gasteiger partial charge in [-0.3, -0.25) is 9.59 Å². The summed E-state index contributed by atoms with van der Waals surface area (Å²) in [5, 5.41) is 11.7. The number of carboxylic acid groups (broad SMARTS) is 1. The first-order valence-electron chi connectivity index (χ1n) is 7.87. The van der Waals surface area contributed by atoms with E-state index in [1.54, 1.807) is 0 Å². The van der Waals surface area contributed by atoms with Gasteiger partial charge in [0.2, 0.25) is 11.8 Å². The predicted octanol–water partition coefficient (Wildman–Crippen LogP) is 1.15. The van der Waals surface area contributed by atoms with Gasteiger partial charge in [0.05, 0.1) is 6.54 Å². The van der Waals surface area contributed by atoms with Crippen LogP contribution in [0.5, 0.6) is 0 Å². The minimum absolute atomic E-state index is 0.0880. The number of aliphatic carboxylic acids is 1. The lowest BCUT2D eigenvalue weighted by atomic mass is 9.87. The van der Waals surface area contributed by atoms with E-state index in [9.17, 15) is 14.4 Å². The van der Waals surface area contributed by atoms with Crippen LogP contribution in [-0.4, -0.2) is 46.9 Å². The van der Waals surface area contributed by atoms with Crippen LogP contribution in [0.3, 0.4) is 0 Å². The molecule has 1 aliphatic carbocycles. The summed E-state index contributed by atoms with van der Waals surface area (Å²) in [7, 11) is 0. The second-order valence-corrected chi connectivity index (χ2v) is 6.07. The molecule has 0 aromatic heterocycles. The number of nitrogens with zero attached hydrogens (tertiary/aromatic N) is 1. The molecular weight excluding hydrogens is 272 g/mol. The summed E-state index contributed by atoms with van der Waals surface area (Å²) >= 11 is 0. The molecule has 2 N–H and O–H groups in total. The molecule has 2 amide bonds. The van der Waals surface area contributed by atoms with Gasteiger partial charge in [0.1, 0.15) is 6.04 Å². The molecule has 1 atom stereocenters. The minimum Gasteiger partial charge on any atom is -0.480 e. The molecule has 0 aromatic rings. The Kier molecular flexibility index (Phi) is 5.59. The fourth-order valence-corrected chi connectivity index (χ4v) is 3.32. The number of carboxylic acids is 1. The quantitative estimate of drug-likeness (QED) is 0.796. The fraction of sp³-hybridized carbons (Fsp3) is 0.800. The number of amides is 2. The van der Waals surface area contributed by atoms with E-state index >= 15 is 0 Å². The maximum Gasteiger partial charge on any atom is 0.326 e. The monoisotopic (exact) mass is 296 g/mol. The van der Waals surface area contributed by atoms with Gasteiger partial charge in [-0.15, -0.1) is 0 Å². The van der Waals surface area contributed by atoms with Crippen molar-refractivity contribution in [3.63, 3.8) is 0 Å². The molecule has 2 fully saturated rings. The zero-order valence-electron chi connectivity index (χ0n) is 12.3. The van der Waals surface area contributed by atoms with Crippen LogP contribution in [0.15, 0.2) is 0 Å². The molecular formula is C15H24N2O4. The van der Waals surface area contributed by atoms with Gasteiger partial charge in [0.25, 0.3) is 0 Å². The summed E-state index contributed by atoms with van der Waals surface area (Å²) in [4.78, 5) is 36.3. The zero-order chi connectivity index (χ0) is 15.2. The molecule has 2 rings (SSSR count). The lowest BCUT2D eigenvalue weighted by Crippen LogP contribution is -2.45. The number of rotatable bonds is 5. The Hall–Kier alpha value is -1.59. The van der Waals surface area contributed by atoms with Crippen molar-refractivity contribution in [2.75, 3.05) is 13.1 Å². The third-order valence-electron chi connectivity index (χ3n) is 4.49. The summed E-state index contributed by atoms with van der Waals surface area (Å²) in [6.07, 6.45) is 7.49. The van der Waals surface area contributed by atoms with Crippen LogP contribution in [0.25, 0.3) is 0 Å². The Morgan fingerprint density at radius 1 is 1.05 bits per heavy atom. The van der Waals surface area contributed by atoms with E-state index in [-0.39, 0.29) is 18.4 Å². The standard InChI is InChI=1S/C15H24N2O4/c18-13(9-11-5-2-1-3-6-11)16-10-14(19)17-8-4-7-12(17)15(20)21/h11-12H,1-10H2,(H,16,18)(H,20,21)/t12-/m0/s1. The zero-order valence-corrected chi connectivity index (χ0v) is 12.3. The van der Waals surface area contributed by atoms with Crippen LogP contribution in [0.4, 0.5) is 0 Å². The van der Waals surface area contributed by atoms with Crippen molar-refractivity contribution >= 4 is 17.8 Å². The second kappa shape index (κ2) is 7.43. The molecule has 118 valence electrons. The third-order valence-corrected chi connectivity index (χ3v) is 4.49. The predicted molar refractivity (Wildman–Crippen MR) is 76.6 cm³/mol. The van der Waals surface area contributed by atoms with Crippen LogP contribution >= 0.6 is 0 Å². The van der Waals surface area contributed by atoms with Crippen LogP contribution in [-0.2, 0) is 14.4 Å². The smallest absolute Gasteiger partial charge is 0.326 e. The summed E-state index contributed by atoms with van der Waals surface area (Å²) in [6.45, 7) is 0.379. The van der Waals surface area contributed by atoms with E-state index in [2.05, 4.69) is 5.32 Å². The van der Waals surface area contributed by atoms with E-state index in [1.807, 2.05) is 0 Å². The normalized spacial score (nSPS) is 23.0. The van der Waals surface area contributed by atoms with Crippen molar-refractivity contribution in [2.24, 2.45) is 5.92 Å². The molecule has 0 unspecified atom stereocenters. The van der Waals surface area contributed by atoms with Gasteiger partial charge < -0.3 is 15.3 Å². The Balaban J connectivity index is 1.72. The Labute approximate surface area is 124 Å². The van der Waals surface area contributed by atoms with E-state index in [4.69, 9.17) is 5.11 Å². The molecule has 6 nitrogen and oxygen atoms in total. The van der Waals surface area contributed by atoms with Gasteiger partial charge in [-0.1, -0.05) is 19.3 Å². The molecule has 0 bridgehead atoms. The van der Waals surface area contributed by atoms with Gasteiger partial charge in [0.15, 0.2) is 0 Å². The first kappa shape index (κ1) is 15.8. The van der Waals surface area contributed by atoms with Crippen LogP contribution in [0, 0.1) is 5.92 Å². The third kappa shape index (κ3) is 4.44.